The van der Waals surface area contributed by atoms with E-state index in [-0.39, 0.29) is 23.0 Å². The largest absolute Gasteiger partial charge is 0.418 e. The van der Waals surface area contributed by atoms with Crippen molar-refractivity contribution in [2.45, 2.75) is 19.7 Å². The van der Waals surface area contributed by atoms with Crippen molar-refractivity contribution in [3.05, 3.63) is 22.0 Å². The lowest BCUT2D eigenvalue weighted by molar-refractivity contribution is -0.139. The summed E-state index contributed by atoms with van der Waals surface area (Å²) in [6.07, 6.45) is -4.40. The van der Waals surface area contributed by atoms with Gasteiger partial charge in [-0.25, -0.2) is 0 Å². The first-order chi connectivity index (χ1) is 6.80. The lowest BCUT2D eigenvalue weighted by Gasteiger charge is -2.09. The first-order valence-corrected chi connectivity index (χ1v) is 4.58. The van der Waals surface area contributed by atoms with Crippen LogP contribution in [0.25, 0.3) is 0 Å². The van der Waals surface area contributed by atoms with Gasteiger partial charge in [-0.2, -0.15) is 13.2 Å². The topological polar surface area (TPSA) is 14.2 Å². The molecule has 15 heavy (non-hydrogen) atoms. The van der Waals surface area contributed by atoms with Gasteiger partial charge in [0.15, 0.2) is 0 Å². The van der Waals surface area contributed by atoms with E-state index in [0.717, 1.165) is 0 Å². The third kappa shape index (κ3) is 2.13. The lowest BCUT2D eigenvalue weighted by atomic mass is 10.1. The Labute approximate surface area is 90.6 Å². The third-order valence-electron chi connectivity index (χ3n) is 2.28. The molecule has 1 rings (SSSR count). The number of methoxy groups -OCH3 is 1. The molecule has 0 saturated carbocycles. The Hall–Kier alpha value is -0.680. The van der Waals surface area contributed by atoms with Gasteiger partial charge in [0.2, 0.25) is 0 Å². The fraction of sp³-hybridized carbons (Fsp3) is 0.556. The van der Waals surface area contributed by atoms with Gasteiger partial charge in [-0.1, -0.05) is 11.6 Å². The summed E-state index contributed by atoms with van der Waals surface area (Å²) in [7, 11) is 2.82. The molecule has 0 fully saturated rings. The standard InChI is InChI=1S/C9H11ClF3NO/c1-5-7(9(11,12)13)6(4-15-3)8(10)14(5)2/h4H2,1-3H3. The maximum atomic E-state index is 12.7. The zero-order valence-corrected chi connectivity index (χ0v) is 9.33. The molecular weight excluding hydrogens is 231 g/mol. The molecule has 1 aromatic heterocycles. The van der Waals surface area contributed by atoms with Crippen LogP contribution in [-0.2, 0) is 24.6 Å². The van der Waals surface area contributed by atoms with Crippen molar-refractivity contribution < 1.29 is 17.9 Å². The Morgan fingerprint density at radius 1 is 1.40 bits per heavy atom. The summed E-state index contributed by atoms with van der Waals surface area (Å²) >= 11 is 5.79. The molecule has 86 valence electrons. The monoisotopic (exact) mass is 241 g/mol. The lowest BCUT2D eigenvalue weighted by Crippen LogP contribution is -2.09. The van der Waals surface area contributed by atoms with Crippen LogP contribution in [0.2, 0.25) is 5.15 Å². The molecule has 0 atom stereocenters. The molecule has 0 aliphatic rings. The second-order valence-corrected chi connectivity index (χ2v) is 3.58. The third-order valence-corrected chi connectivity index (χ3v) is 2.76. The molecule has 0 aromatic carbocycles. The van der Waals surface area contributed by atoms with E-state index in [1.807, 2.05) is 0 Å². The van der Waals surface area contributed by atoms with Crippen LogP contribution >= 0.6 is 11.6 Å². The molecule has 0 unspecified atom stereocenters. The molecule has 0 bridgehead atoms. The van der Waals surface area contributed by atoms with Gasteiger partial charge in [-0.15, -0.1) is 0 Å². The van der Waals surface area contributed by atoms with Crippen LogP contribution in [-0.4, -0.2) is 11.7 Å². The number of aromatic nitrogens is 1. The van der Waals surface area contributed by atoms with Crippen LogP contribution in [0.3, 0.4) is 0 Å². The SMILES string of the molecule is COCc1c(C(F)(F)F)c(C)n(C)c1Cl. The van der Waals surface area contributed by atoms with Crippen molar-refractivity contribution in [3.63, 3.8) is 0 Å². The van der Waals surface area contributed by atoms with Gasteiger partial charge in [-0.3, -0.25) is 0 Å². The highest BCUT2D eigenvalue weighted by Crippen LogP contribution is 2.39. The van der Waals surface area contributed by atoms with Gasteiger partial charge in [-0.05, 0) is 6.92 Å². The molecule has 0 amide bonds. The summed E-state index contributed by atoms with van der Waals surface area (Å²) < 4.78 is 44.1. The average molecular weight is 242 g/mol. The second kappa shape index (κ2) is 4.06. The summed E-state index contributed by atoms with van der Waals surface area (Å²) in [4.78, 5) is 0. The van der Waals surface area contributed by atoms with Crippen LogP contribution in [0.4, 0.5) is 13.2 Å². The molecule has 0 saturated heterocycles. The minimum Gasteiger partial charge on any atom is -0.380 e. The molecule has 0 aliphatic carbocycles. The Morgan fingerprint density at radius 3 is 2.33 bits per heavy atom. The zero-order valence-electron chi connectivity index (χ0n) is 8.57. The van der Waals surface area contributed by atoms with Gasteiger partial charge >= 0.3 is 6.18 Å². The predicted octanol–water partition coefficient (Wildman–Crippen LogP) is 3.15. The number of halogens is 4. The van der Waals surface area contributed by atoms with Gasteiger partial charge in [0.1, 0.15) is 5.15 Å². The van der Waals surface area contributed by atoms with Crippen molar-refractivity contribution in [3.8, 4) is 0 Å². The van der Waals surface area contributed by atoms with Crippen LogP contribution in [0, 0.1) is 6.92 Å². The Balaban J connectivity index is 3.41. The average Bonchev–Trinajstić information content (AvgIpc) is 2.30. The van der Waals surface area contributed by atoms with Crippen LogP contribution in [0.15, 0.2) is 0 Å². The van der Waals surface area contributed by atoms with Crippen LogP contribution < -0.4 is 0 Å². The smallest absolute Gasteiger partial charge is 0.380 e. The van der Waals surface area contributed by atoms with Crippen LogP contribution in [0.5, 0.6) is 0 Å². The fourth-order valence-electron chi connectivity index (χ4n) is 1.49. The number of alkyl halides is 3. The molecule has 0 N–H and O–H groups in total. The molecule has 0 radical (unpaired) electrons. The van der Waals surface area contributed by atoms with E-state index >= 15 is 0 Å². The number of hydrogen-bond acceptors (Lipinski definition) is 1. The van der Waals surface area contributed by atoms with Gasteiger partial charge in [0, 0.05) is 25.4 Å². The van der Waals surface area contributed by atoms with Crippen molar-refractivity contribution in [2.75, 3.05) is 7.11 Å². The number of rotatable bonds is 2. The summed E-state index contributed by atoms with van der Waals surface area (Å²) in [5.41, 5.74) is -0.608. The number of hydrogen-bond donors (Lipinski definition) is 0. The first kappa shape index (κ1) is 12.4. The Kier molecular flexibility index (Phi) is 3.35. The summed E-state index contributed by atoms with van der Waals surface area (Å²) in [6, 6.07) is 0. The van der Waals surface area contributed by atoms with E-state index in [2.05, 4.69) is 0 Å². The highest BCUT2D eigenvalue weighted by atomic mass is 35.5. The molecule has 6 heteroatoms. The minimum absolute atomic E-state index is 0.00772. The molecule has 2 nitrogen and oxygen atoms in total. The first-order valence-electron chi connectivity index (χ1n) is 4.20. The number of nitrogens with zero attached hydrogens (tertiary/aromatic N) is 1. The highest BCUT2D eigenvalue weighted by molar-refractivity contribution is 6.30. The summed E-state index contributed by atoms with van der Waals surface area (Å²) in [5.74, 6) is 0. The maximum Gasteiger partial charge on any atom is 0.418 e. The Morgan fingerprint density at radius 2 is 1.93 bits per heavy atom. The molecule has 1 aromatic rings. The zero-order chi connectivity index (χ0) is 11.8. The quantitative estimate of drug-likeness (QED) is 0.776. The van der Waals surface area contributed by atoms with E-state index in [0.29, 0.717) is 0 Å². The molecule has 1 heterocycles. The van der Waals surface area contributed by atoms with E-state index in [1.54, 1.807) is 0 Å². The molecule has 0 spiro atoms. The van der Waals surface area contributed by atoms with E-state index < -0.39 is 11.7 Å². The van der Waals surface area contributed by atoms with Crippen molar-refractivity contribution in [1.82, 2.24) is 4.57 Å². The van der Waals surface area contributed by atoms with Crippen molar-refractivity contribution >= 4 is 11.6 Å². The number of ether oxygens (including phenoxy) is 1. The van der Waals surface area contributed by atoms with Gasteiger partial charge in [0.05, 0.1) is 12.2 Å². The van der Waals surface area contributed by atoms with Gasteiger partial charge < -0.3 is 9.30 Å². The predicted molar refractivity (Wildman–Crippen MR) is 50.9 cm³/mol. The van der Waals surface area contributed by atoms with Crippen molar-refractivity contribution in [2.24, 2.45) is 7.05 Å². The molecular formula is C9H11ClF3NO. The Bertz CT molecular complexity index is 370. The summed E-state index contributed by atoms with van der Waals surface area (Å²) in [6.45, 7) is 1.24. The van der Waals surface area contributed by atoms with E-state index in [9.17, 15) is 13.2 Å². The second-order valence-electron chi connectivity index (χ2n) is 3.22. The van der Waals surface area contributed by atoms with Crippen molar-refractivity contribution in [1.29, 1.82) is 0 Å². The normalized spacial score (nSPS) is 12.2. The van der Waals surface area contributed by atoms with Gasteiger partial charge in [0.25, 0.3) is 0 Å². The maximum absolute atomic E-state index is 12.7. The summed E-state index contributed by atoms with van der Waals surface area (Å²) in [5, 5.41) is 0.0710. The van der Waals surface area contributed by atoms with Crippen LogP contribution in [0.1, 0.15) is 16.8 Å². The fourth-order valence-corrected chi connectivity index (χ4v) is 1.77. The minimum atomic E-state index is -4.40. The highest BCUT2D eigenvalue weighted by Gasteiger charge is 2.38. The van der Waals surface area contributed by atoms with E-state index in [1.165, 1.54) is 25.6 Å². The van der Waals surface area contributed by atoms with E-state index in [4.69, 9.17) is 16.3 Å². The molecule has 0 aliphatic heterocycles.